The van der Waals surface area contributed by atoms with Gasteiger partial charge in [-0.25, -0.2) is 0 Å². The fourth-order valence-corrected chi connectivity index (χ4v) is 2.53. The minimum absolute atomic E-state index is 0.216. The van der Waals surface area contributed by atoms with Gasteiger partial charge in [-0.1, -0.05) is 12.1 Å². The van der Waals surface area contributed by atoms with Crippen molar-refractivity contribution in [3.05, 3.63) is 11.7 Å². The Hall–Kier alpha value is -1.43. The topological polar surface area (TPSA) is 79.5 Å². The van der Waals surface area contributed by atoms with Crippen LogP contribution in [0.3, 0.4) is 0 Å². The van der Waals surface area contributed by atoms with Gasteiger partial charge in [0, 0.05) is 12.5 Å². The quantitative estimate of drug-likeness (QED) is 0.874. The Morgan fingerprint density at radius 1 is 1.58 bits per heavy atom. The first-order valence-corrected chi connectivity index (χ1v) is 6.88. The Balaban J connectivity index is 1.90. The molecule has 1 aromatic rings. The number of rotatable bonds is 5. The van der Waals surface area contributed by atoms with Gasteiger partial charge in [0.1, 0.15) is 0 Å². The summed E-state index contributed by atoms with van der Waals surface area (Å²) in [6.07, 6.45) is 3.18. The van der Waals surface area contributed by atoms with Crippen LogP contribution in [0.15, 0.2) is 4.52 Å². The molecule has 0 radical (unpaired) electrons. The van der Waals surface area contributed by atoms with Crippen molar-refractivity contribution in [1.82, 2.24) is 15.0 Å². The lowest BCUT2D eigenvalue weighted by molar-refractivity contribution is -0.144. The highest BCUT2D eigenvalue weighted by Crippen LogP contribution is 2.24. The number of carboxylic acids is 1. The minimum Gasteiger partial charge on any atom is -0.481 e. The van der Waals surface area contributed by atoms with E-state index in [2.05, 4.69) is 28.9 Å². The summed E-state index contributed by atoms with van der Waals surface area (Å²) in [6, 6.07) is 0.239. The van der Waals surface area contributed by atoms with Crippen molar-refractivity contribution in [2.75, 3.05) is 6.54 Å². The molecule has 2 unspecified atom stereocenters. The van der Waals surface area contributed by atoms with Crippen molar-refractivity contribution in [1.29, 1.82) is 0 Å². The van der Waals surface area contributed by atoms with Gasteiger partial charge in [-0.15, -0.1) is 0 Å². The van der Waals surface area contributed by atoms with Crippen LogP contribution >= 0.6 is 0 Å². The van der Waals surface area contributed by atoms with Gasteiger partial charge in [-0.05, 0) is 32.7 Å². The zero-order valence-corrected chi connectivity index (χ0v) is 11.5. The van der Waals surface area contributed by atoms with E-state index in [0.29, 0.717) is 31.1 Å². The van der Waals surface area contributed by atoms with Crippen molar-refractivity contribution in [2.24, 2.45) is 5.92 Å². The van der Waals surface area contributed by atoms with E-state index < -0.39 is 5.97 Å². The largest absolute Gasteiger partial charge is 0.481 e. The van der Waals surface area contributed by atoms with Gasteiger partial charge in [0.05, 0.1) is 12.5 Å². The Morgan fingerprint density at radius 3 is 3.00 bits per heavy atom. The first kappa shape index (κ1) is 14.0. The third-order valence-electron chi connectivity index (χ3n) is 3.68. The van der Waals surface area contributed by atoms with Gasteiger partial charge in [0.25, 0.3) is 0 Å². The van der Waals surface area contributed by atoms with Gasteiger partial charge in [-0.2, -0.15) is 4.98 Å². The van der Waals surface area contributed by atoms with Gasteiger partial charge < -0.3 is 9.63 Å². The molecule has 0 saturated carbocycles. The third-order valence-corrected chi connectivity index (χ3v) is 3.68. The van der Waals surface area contributed by atoms with Gasteiger partial charge >= 0.3 is 5.97 Å². The summed E-state index contributed by atoms with van der Waals surface area (Å²) in [5.41, 5.74) is 0. The molecule has 2 atom stereocenters. The Kier molecular flexibility index (Phi) is 4.52. The molecular weight excluding hydrogens is 246 g/mol. The predicted molar refractivity (Wildman–Crippen MR) is 68.5 cm³/mol. The van der Waals surface area contributed by atoms with Crippen LogP contribution in [0, 0.1) is 5.92 Å². The Bertz CT molecular complexity index is 433. The number of aliphatic carboxylic acids is 1. The van der Waals surface area contributed by atoms with Crippen LogP contribution in [0.2, 0.25) is 0 Å². The molecule has 0 spiro atoms. The summed E-state index contributed by atoms with van der Waals surface area (Å²) in [7, 11) is 0. The van der Waals surface area contributed by atoms with Crippen molar-refractivity contribution in [3.63, 3.8) is 0 Å². The van der Waals surface area contributed by atoms with Crippen LogP contribution in [0.5, 0.6) is 0 Å². The molecule has 0 bridgehead atoms. The average Bonchev–Trinajstić information content (AvgIpc) is 2.79. The molecular formula is C13H21N3O3. The van der Waals surface area contributed by atoms with Crippen LogP contribution in [-0.2, 0) is 17.8 Å². The number of hydrogen-bond acceptors (Lipinski definition) is 5. The first-order chi connectivity index (χ1) is 9.10. The van der Waals surface area contributed by atoms with Gasteiger partial charge in [-0.3, -0.25) is 9.69 Å². The van der Waals surface area contributed by atoms with Gasteiger partial charge in [0.15, 0.2) is 5.82 Å². The number of carboxylic acid groups (broad SMARTS) is 1. The zero-order chi connectivity index (χ0) is 13.8. The zero-order valence-electron chi connectivity index (χ0n) is 11.5. The van der Waals surface area contributed by atoms with Crippen molar-refractivity contribution < 1.29 is 14.4 Å². The highest BCUT2D eigenvalue weighted by Gasteiger charge is 2.30. The normalized spacial score (nSPS) is 24.5. The summed E-state index contributed by atoms with van der Waals surface area (Å²) in [4.78, 5) is 17.6. The molecule has 106 valence electrons. The summed E-state index contributed by atoms with van der Waals surface area (Å²) >= 11 is 0. The van der Waals surface area contributed by atoms with Crippen molar-refractivity contribution >= 4 is 5.97 Å². The second-order valence-electron chi connectivity index (χ2n) is 5.23. The smallest absolute Gasteiger partial charge is 0.306 e. The van der Waals surface area contributed by atoms with Crippen LogP contribution in [0.1, 0.15) is 44.8 Å². The molecule has 19 heavy (non-hydrogen) atoms. The maximum Gasteiger partial charge on any atom is 0.306 e. The number of nitrogens with zero attached hydrogens (tertiary/aromatic N) is 3. The van der Waals surface area contributed by atoms with Crippen molar-refractivity contribution in [3.8, 4) is 0 Å². The van der Waals surface area contributed by atoms with Crippen LogP contribution < -0.4 is 0 Å². The molecule has 2 heterocycles. The van der Waals surface area contributed by atoms with Crippen LogP contribution in [0.4, 0.5) is 0 Å². The molecule has 0 amide bonds. The van der Waals surface area contributed by atoms with E-state index in [9.17, 15) is 4.79 Å². The molecule has 0 aromatic carbocycles. The first-order valence-electron chi connectivity index (χ1n) is 6.88. The number of likely N-dealkylation sites (tertiary alicyclic amines) is 1. The molecule has 6 heteroatoms. The Morgan fingerprint density at radius 2 is 2.37 bits per heavy atom. The van der Waals surface area contributed by atoms with E-state index >= 15 is 0 Å². The van der Waals surface area contributed by atoms with E-state index in [-0.39, 0.29) is 12.0 Å². The fourth-order valence-electron chi connectivity index (χ4n) is 2.53. The van der Waals surface area contributed by atoms with Gasteiger partial charge in [0.2, 0.25) is 5.89 Å². The number of hydrogen-bond donors (Lipinski definition) is 1. The molecule has 6 nitrogen and oxygen atoms in total. The summed E-state index contributed by atoms with van der Waals surface area (Å²) in [5.74, 6) is 0.484. The molecule has 0 aliphatic carbocycles. The SMILES string of the molecule is CCCc1nc(CN2CCC(C(=O)O)CC2C)no1. The average molecular weight is 267 g/mol. The number of aryl methyl sites for hydroxylation is 1. The number of aromatic nitrogens is 2. The molecule has 1 aromatic heterocycles. The molecule has 1 N–H and O–H groups in total. The lowest BCUT2D eigenvalue weighted by Crippen LogP contribution is -2.42. The Labute approximate surface area is 112 Å². The van der Waals surface area contributed by atoms with E-state index in [0.717, 1.165) is 19.4 Å². The molecule has 2 rings (SSSR count). The standard InChI is InChI=1S/C13H21N3O3/c1-3-4-12-14-11(15-19-12)8-16-6-5-10(13(17)18)7-9(16)2/h9-10H,3-8H2,1-2H3,(H,17,18). The van der Waals surface area contributed by atoms with Crippen LogP contribution in [-0.4, -0.2) is 38.7 Å². The maximum absolute atomic E-state index is 11.0. The summed E-state index contributed by atoms with van der Waals surface area (Å²) in [6.45, 7) is 5.54. The second-order valence-corrected chi connectivity index (χ2v) is 5.23. The maximum atomic E-state index is 11.0. The molecule has 1 fully saturated rings. The third kappa shape index (κ3) is 3.53. The highest BCUT2D eigenvalue weighted by atomic mass is 16.5. The number of piperidine rings is 1. The van der Waals surface area contributed by atoms with E-state index in [1.54, 1.807) is 0 Å². The van der Waals surface area contributed by atoms with Crippen LogP contribution in [0.25, 0.3) is 0 Å². The predicted octanol–water partition coefficient (Wildman–Crippen LogP) is 1.71. The van der Waals surface area contributed by atoms with Crippen molar-refractivity contribution in [2.45, 2.75) is 52.1 Å². The lowest BCUT2D eigenvalue weighted by atomic mass is 9.92. The minimum atomic E-state index is -0.684. The van der Waals surface area contributed by atoms with E-state index in [1.165, 1.54) is 0 Å². The van der Waals surface area contributed by atoms with E-state index in [4.69, 9.17) is 9.63 Å². The van der Waals surface area contributed by atoms with E-state index in [1.807, 2.05) is 0 Å². The molecule has 1 aliphatic heterocycles. The second kappa shape index (κ2) is 6.14. The summed E-state index contributed by atoms with van der Waals surface area (Å²) in [5, 5.41) is 13.0. The number of carbonyl (C=O) groups is 1. The summed E-state index contributed by atoms with van der Waals surface area (Å²) < 4.78 is 5.16. The highest BCUT2D eigenvalue weighted by molar-refractivity contribution is 5.70. The monoisotopic (exact) mass is 267 g/mol. The lowest BCUT2D eigenvalue weighted by Gasteiger charge is -2.35. The fraction of sp³-hybridized carbons (Fsp3) is 0.769. The molecule has 1 saturated heterocycles. The molecule has 1 aliphatic rings.